The first kappa shape index (κ1) is 14.9. The Morgan fingerprint density at radius 3 is 2.79 bits per heavy atom. The molecule has 19 heavy (non-hydrogen) atoms. The van der Waals surface area contributed by atoms with Crippen LogP contribution < -0.4 is 0 Å². The van der Waals surface area contributed by atoms with Crippen LogP contribution in [0.4, 0.5) is 0 Å². The molecule has 1 aromatic heterocycles. The smallest absolute Gasteiger partial charge is 0.230 e. The summed E-state index contributed by atoms with van der Waals surface area (Å²) in [5.74, 6) is 3.15. The Morgan fingerprint density at radius 1 is 1.42 bits per heavy atom. The van der Waals surface area contributed by atoms with Crippen LogP contribution in [0, 0.1) is 5.41 Å². The van der Waals surface area contributed by atoms with Gasteiger partial charge in [0.1, 0.15) is 0 Å². The highest BCUT2D eigenvalue weighted by Crippen LogP contribution is 2.40. The first-order chi connectivity index (χ1) is 8.93. The number of aromatic nitrogens is 2. The standard InChI is InChI=1S/C14H24N2O2S/c1-9(8-19-5)13-15-12(16-18-13)10-6-7-17-11(10)14(2,3)4/h9-11H,6-8H2,1-5H3/t9?,10-,11-/m0/s1. The molecule has 0 bridgehead atoms. The summed E-state index contributed by atoms with van der Waals surface area (Å²) < 4.78 is 11.3. The summed E-state index contributed by atoms with van der Waals surface area (Å²) in [6.45, 7) is 9.52. The molecule has 1 fully saturated rings. The molecule has 2 heterocycles. The predicted molar refractivity (Wildman–Crippen MR) is 77.6 cm³/mol. The van der Waals surface area contributed by atoms with Crippen LogP contribution in [0.3, 0.4) is 0 Å². The molecule has 0 amide bonds. The summed E-state index contributed by atoms with van der Waals surface area (Å²) in [5.41, 5.74) is 0.104. The topological polar surface area (TPSA) is 48.2 Å². The van der Waals surface area contributed by atoms with Crippen molar-refractivity contribution in [3.05, 3.63) is 11.7 Å². The molecule has 1 aromatic rings. The second-order valence-electron chi connectivity index (χ2n) is 6.40. The van der Waals surface area contributed by atoms with Crippen molar-refractivity contribution in [2.75, 3.05) is 18.6 Å². The first-order valence-corrected chi connectivity index (χ1v) is 8.27. The van der Waals surface area contributed by atoms with Crippen LogP contribution in [0.1, 0.15) is 57.7 Å². The van der Waals surface area contributed by atoms with E-state index < -0.39 is 0 Å². The third kappa shape index (κ3) is 3.31. The molecule has 2 rings (SSSR count). The minimum absolute atomic E-state index is 0.104. The molecule has 0 radical (unpaired) electrons. The lowest BCUT2D eigenvalue weighted by Crippen LogP contribution is -2.30. The maximum Gasteiger partial charge on any atom is 0.230 e. The number of hydrogen-bond acceptors (Lipinski definition) is 5. The van der Waals surface area contributed by atoms with E-state index in [0.717, 1.165) is 30.5 Å². The molecule has 0 saturated carbocycles. The van der Waals surface area contributed by atoms with E-state index in [0.29, 0.717) is 5.92 Å². The van der Waals surface area contributed by atoms with Crippen LogP contribution in [0.25, 0.3) is 0 Å². The minimum atomic E-state index is 0.104. The summed E-state index contributed by atoms with van der Waals surface area (Å²) >= 11 is 1.80. The summed E-state index contributed by atoms with van der Waals surface area (Å²) in [4.78, 5) is 4.60. The Hall–Kier alpha value is -0.550. The number of ether oxygens (including phenoxy) is 1. The average Bonchev–Trinajstić information content (AvgIpc) is 2.97. The van der Waals surface area contributed by atoms with Gasteiger partial charge in [-0.25, -0.2) is 0 Å². The molecule has 108 valence electrons. The summed E-state index contributed by atoms with van der Waals surface area (Å²) in [5, 5.41) is 4.19. The van der Waals surface area contributed by atoms with Gasteiger partial charge in [0.05, 0.1) is 12.0 Å². The molecule has 3 atom stereocenters. The fourth-order valence-electron chi connectivity index (χ4n) is 2.63. The molecular formula is C14H24N2O2S. The third-order valence-corrected chi connectivity index (χ3v) is 4.41. The predicted octanol–water partition coefficient (Wildman–Crippen LogP) is 3.45. The molecule has 0 aromatic carbocycles. The zero-order valence-electron chi connectivity index (χ0n) is 12.5. The van der Waals surface area contributed by atoms with Gasteiger partial charge in [-0.05, 0) is 18.1 Å². The van der Waals surface area contributed by atoms with Crippen LogP contribution in [0.2, 0.25) is 0 Å². The number of nitrogens with zero attached hydrogens (tertiary/aromatic N) is 2. The average molecular weight is 284 g/mol. The molecule has 0 aliphatic carbocycles. The van der Waals surface area contributed by atoms with Crippen molar-refractivity contribution < 1.29 is 9.26 Å². The van der Waals surface area contributed by atoms with E-state index in [-0.39, 0.29) is 17.4 Å². The number of thioether (sulfide) groups is 1. The van der Waals surface area contributed by atoms with Crippen molar-refractivity contribution in [3.8, 4) is 0 Å². The maximum atomic E-state index is 5.88. The van der Waals surface area contributed by atoms with Gasteiger partial charge in [0.15, 0.2) is 5.82 Å². The van der Waals surface area contributed by atoms with Gasteiger partial charge in [-0.3, -0.25) is 0 Å². The van der Waals surface area contributed by atoms with Gasteiger partial charge in [0, 0.05) is 18.3 Å². The second kappa shape index (κ2) is 5.83. The van der Waals surface area contributed by atoms with Crippen molar-refractivity contribution in [2.45, 2.75) is 52.1 Å². The van der Waals surface area contributed by atoms with Gasteiger partial charge in [0.2, 0.25) is 5.89 Å². The maximum absolute atomic E-state index is 5.88. The molecule has 1 saturated heterocycles. The molecule has 4 nitrogen and oxygen atoms in total. The van der Waals surface area contributed by atoms with Crippen molar-refractivity contribution in [1.82, 2.24) is 10.1 Å². The van der Waals surface area contributed by atoms with Crippen molar-refractivity contribution in [2.24, 2.45) is 5.41 Å². The lowest BCUT2D eigenvalue weighted by Gasteiger charge is -2.29. The highest BCUT2D eigenvalue weighted by atomic mass is 32.2. The first-order valence-electron chi connectivity index (χ1n) is 6.87. The van der Waals surface area contributed by atoms with Gasteiger partial charge in [-0.15, -0.1) is 0 Å². The van der Waals surface area contributed by atoms with Crippen LogP contribution in [0.15, 0.2) is 4.52 Å². The van der Waals surface area contributed by atoms with E-state index in [9.17, 15) is 0 Å². The Morgan fingerprint density at radius 2 is 2.16 bits per heavy atom. The fourth-order valence-corrected chi connectivity index (χ4v) is 3.27. The molecule has 0 N–H and O–H groups in total. The normalized spacial score (nSPS) is 25.7. The zero-order valence-corrected chi connectivity index (χ0v) is 13.3. The SMILES string of the molecule is CSCC(C)c1nc([C@H]2CCO[C@@H]2C(C)(C)C)no1. The molecule has 1 aliphatic heterocycles. The van der Waals surface area contributed by atoms with E-state index in [2.05, 4.69) is 44.1 Å². The van der Waals surface area contributed by atoms with Crippen molar-refractivity contribution in [3.63, 3.8) is 0 Å². The Labute approximate surface area is 119 Å². The summed E-state index contributed by atoms with van der Waals surface area (Å²) in [6, 6.07) is 0. The molecule has 0 spiro atoms. The highest BCUT2D eigenvalue weighted by Gasteiger charge is 2.40. The van der Waals surface area contributed by atoms with Crippen LogP contribution in [0.5, 0.6) is 0 Å². The van der Waals surface area contributed by atoms with Crippen molar-refractivity contribution >= 4 is 11.8 Å². The Bertz CT molecular complexity index is 414. The molecule has 1 unspecified atom stereocenters. The quantitative estimate of drug-likeness (QED) is 0.847. The molecule has 5 heteroatoms. The van der Waals surface area contributed by atoms with Crippen LogP contribution >= 0.6 is 11.8 Å². The minimum Gasteiger partial charge on any atom is -0.377 e. The fraction of sp³-hybridized carbons (Fsp3) is 0.857. The van der Waals surface area contributed by atoms with Crippen molar-refractivity contribution in [1.29, 1.82) is 0 Å². The lowest BCUT2D eigenvalue weighted by molar-refractivity contribution is 0.0193. The Kier molecular flexibility index (Phi) is 4.56. The second-order valence-corrected chi connectivity index (χ2v) is 7.31. The lowest BCUT2D eigenvalue weighted by atomic mass is 9.81. The largest absolute Gasteiger partial charge is 0.377 e. The third-order valence-electron chi connectivity index (χ3n) is 3.57. The van der Waals surface area contributed by atoms with E-state index in [1.165, 1.54) is 0 Å². The molecule has 1 aliphatic rings. The van der Waals surface area contributed by atoms with E-state index in [1.807, 2.05) is 0 Å². The van der Waals surface area contributed by atoms with Gasteiger partial charge in [-0.2, -0.15) is 16.7 Å². The van der Waals surface area contributed by atoms with Gasteiger partial charge < -0.3 is 9.26 Å². The monoisotopic (exact) mass is 284 g/mol. The van der Waals surface area contributed by atoms with Crippen LogP contribution in [-0.2, 0) is 4.74 Å². The Balaban J connectivity index is 2.14. The van der Waals surface area contributed by atoms with Gasteiger partial charge >= 0.3 is 0 Å². The zero-order chi connectivity index (χ0) is 14.0. The summed E-state index contributed by atoms with van der Waals surface area (Å²) in [7, 11) is 0. The number of hydrogen-bond donors (Lipinski definition) is 0. The van der Waals surface area contributed by atoms with E-state index in [4.69, 9.17) is 9.26 Å². The van der Waals surface area contributed by atoms with Crippen LogP contribution in [-0.4, -0.2) is 34.9 Å². The van der Waals surface area contributed by atoms with E-state index >= 15 is 0 Å². The van der Waals surface area contributed by atoms with Gasteiger partial charge in [-0.1, -0.05) is 32.9 Å². The number of rotatable bonds is 4. The van der Waals surface area contributed by atoms with Gasteiger partial charge in [0.25, 0.3) is 0 Å². The molecular weight excluding hydrogens is 260 g/mol. The van der Waals surface area contributed by atoms with E-state index in [1.54, 1.807) is 11.8 Å². The highest BCUT2D eigenvalue weighted by molar-refractivity contribution is 7.98. The summed E-state index contributed by atoms with van der Waals surface area (Å²) in [6.07, 6.45) is 3.25.